The number of nitrogens with zero attached hydrogens (tertiary/aromatic N) is 8. The lowest BCUT2D eigenvalue weighted by Gasteiger charge is -2.45. The quantitative estimate of drug-likeness (QED) is 0.0836. The lowest BCUT2D eigenvalue weighted by atomic mass is 9.55. The first-order valence-corrected chi connectivity index (χ1v) is 23.1. The third-order valence-corrected chi connectivity index (χ3v) is 23.9. The molecular weight excluding hydrogens is 630 g/mol. The van der Waals surface area contributed by atoms with E-state index in [1.165, 1.54) is 73.4 Å². The fourth-order valence-electron chi connectivity index (χ4n) is 11.5. The van der Waals surface area contributed by atoms with Gasteiger partial charge in [0.25, 0.3) is 0 Å². The van der Waals surface area contributed by atoms with Gasteiger partial charge in [0, 0.05) is 108 Å². The maximum absolute atomic E-state index is 2.68. The highest BCUT2D eigenvalue weighted by Gasteiger charge is 2.64. The van der Waals surface area contributed by atoms with Gasteiger partial charge in [-0.2, -0.15) is 28.0 Å². The van der Waals surface area contributed by atoms with Crippen molar-refractivity contribution in [1.82, 2.24) is 28.0 Å². The van der Waals surface area contributed by atoms with Gasteiger partial charge in [-0.3, -0.25) is 0 Å². The van der Waals surface area contributed by atoms with Gasteiger partial charge in [0.2, 0.25) is 15.4 Å². The summed E-state index contributed by atoms with van der Waals surface area (Å²) in [7, 11) is 23.9. The van der Waals surface area contributed by atoms with E-state index in [1.54, 1.807) is 0 Å². The van der Waals surface area contributed by atoms with Crippen LogP contribution in [0.15, 0.2) is 12.2 Å². The maximum atomic E-state index is 2.68. The first kappa shape index (κ1) is 42.7. The molecule has 8 atom stereocenters. The molecule has 3 fully saturated rings. The molecule has 2 heterocycles. The zero-order valence-corrected chi connectivity index (χ0v) is 37.1. The SMILES string of the molecule is CC[N+]1(C(C)C)CC2C(C1)C1C=CC2[C@H]2C[N+](CC)(C(C)C)C[C@@H]12.CN(C)[P+](CCCC[P+](N(C)C)(N(C)C)N(C)C)(N(C)C)N(C)C. The van der Waals surface area contributed by atoms with Crippen LogP contribution in [0.3, 0.4) is 0 Å². The van der Waals surface area contributed by atoms with Crippen LogP contribution >= 0.6 is 15.4 Å². The Morgan fingerprint density at radius 2 is 0.708 bits per heavy atom. The van der Waals surface area contributed by atoms with Gasteiger partial charge >= 0.3 is 0 Å². The highest BCUT2D eigenvalue weighted by atomic mass is 31.2. The summed E-state index contributed by atoms with van der Waals surface area (Å²) in [5.74, 6) is 5.70. The Labute approximate surface area is 302 Å². The molecule has 0 aromatic heterocycles. The van der Waals surface area contributed by atoms with Crippen LogP contribution < -0.4 is 0 Å². The van der Waals surface area contributed by atoms with Crippen LogP contribution in [0.5, 0.6) is 0 Å². The largest absolute Gasteiger partial charge is 0.321 e. The lowest BCUT2D eigenvalue weighted by Crippen LogP contribution is -2.52. The molecule has 0 spiro atoms. The van der Waals surface area contributed by atoms with Crippen molar-refractivity contribution in [2.45, 2.75) is 66.5 Å². The van der Waals surface area contributed by atoms with E-state index in [-0.39, 0.29) is 0 Å². The van der Waals surface area contributed by atoms with E-state index in [0.29, 0.717) is 0 Å². The average molecular weight is 715 g/mol. The zero-order chi connectivity index (χ0) is 36.6. The summed E-state index contributed by atoms with van der Waals surface area (Å²) in [6.45, 7) is 23.2. The van der Waals surface area contributed by atoms with Crippen LogP contribution in [0, 0.1) is 35.5 Å². The Hall–Kier alpha value is 0.280. The van der Waals surface area contributed by atoms with Crippen molar-refractivity contribution in [1.29, 1.82) is 0 Å². The summed E-state index contributed by atoms with van der Waals surface area (Å²) in [5.41, 5.74) is 0. The molecular formula is C38H84N8P2+4. The van der Waals surface area contributed by atoms with Crippen molar-refractivity contribution in [2.24, 2.45) is 35.5 Å². The van der Waals surface area contributed by atoms with Crippen LogP contribution in [0.1, 0.15) is 54.4 Å². The van der Waals surface area contributed by atoms with Crippen molar-refractivity contribution in [3.05, 3.63) is 12.2 Å². The van der Waals surface area contributed by atoms with Gasteiger partial charge < -0.3 is 8.97 Å². The minimum Gasteiger partial charge on any atom is -0.321 e. The van der Waals surface area contributed by atoms with Crippen molar-refractivity contribution in [3.63, 3.8) is 0 Å². The Morgan fingerprint density at radius 3 is 0.875 bits per heavy atom. The Morgan fingerprint density at radius 1 is 0.479 bits per heavy atom. The van der Waals surface area contributed by atoms with Crippen LogP contribution in [-0.2, 0) is 0 Å². The van der Waals surface area contributed by atoms with Gasteiger partial charge in [-0.25, -0.2) is 0 Å². The Bertz CT molecular complexity index is 894. The molecule has 1 saturated carbocycles. The van der Waals surface area contributed by atoms with Crippen LogP contribution in [-0.4, -0.2) is 185 Å². The molecule has 10 heteroatoms. The summed E-state index contributed by atoms with van der Waals surface area (Å²) in [6.07, 6.45) is 10.4. The molecule has 48 heavy (non-hydrogen) atoms. The lowest BCUT2D eigenvalue weighted by molar-refractivity contribution is -0.940. The molecule has 0 amide bonds. The zero-order valence-electron chi connectivity index (χ0n) is 35.3. The average Bonchev–Trinajstić information content (AvgIpc) is 3.61. The van der Waals surface area contributed by atoms with E-state index in [9.17, 15) is 0 Å². The Kier molecular flexibility index (Phi) is 14.7. The predicted molar refractivity (Wildman–Crippen MR) is 216 cm³/mol. The number of likely N-dealkylation sites (tertiary alicyclic amines) is 2. The van der Waals surface area contributed by atoms with Gasteiger partial charge in [-0.15, -0.1) is 0 Å². The van der Waals surface area contributed by atoms with Crippen molar-refractivity contribution in [2.75, 3.05) is 136 Å². The molecule has 2 aliphatic heterocycles. The molecule has 282 valence electrons. The van der Waals surface area contributed by atoms with E-state index >= 15 is 0 Å². The number of quaternary nitrogens is 2. The Balaban J connectivity index is 0.000000260. The van der Waals surface area contributed by atoms with Gasteiger partial charge in [-0.05, 0) is 66.2 Å². The number of allylic oxidation sites excluding steroid dienone is 2. The highest BCUT2D eigenvalue weighted by Crippen LogP contribution is 2.66. The molecule has 2 bridgehead atoms. The van der Waals surface area contributed by atoms with Crippen LogP contribution in [0.25, 0.3) is 0 Å². The summed E-state index contributed by atoms with van der Waals surface area (Å²) in [6, 6.07) is 1.59. The second kappa shape index (κ2) is 16.5. The predicted octanol–water partition coefficient (Wildman–Crippen LogP) is 6.45. The first-order chi connectivity index (χ1) is 22.2. The number of rotatable bonds is 15. The van der Waals surface area contributed by atoms with Gasteiger partial charge in [-0.1, -0.05) is 12.2 Å². The molecule has 6 unspecified atom stereocenters. The molecule has 2 saturated heterocycles. The van der Waals surface area contributed by atoms with Crippen molar-refractivity contribution >= 4 is 15.4 Å². The molecule has 5 aliphatic rings. The molecule has 0 aromatic carbocycles. The number of unbranched alkanes of at least 4 members (excludes halogenated alkanes) is 1. The van der Waals surface area contributed by atoms with Crippen molar-refractivity contribution in [3.8, 4) is 0 Å². The van der Waals surface area contributed by atoms with Gasteiger partial charge in [0.05, 0.1) is 51.4 Å². The molecule has 0 radical (unpaired) electrons. The molecule has 0 aromatic rings. The summed E-state index contributed by atoms with van der Waals surface area (Å²) in [5, 5.41) is 0. The minimum absolute atomic E-state index is 0.793. The van der Waals surface area contributed by atoms with E-state index in [2.05, 4.69) is 166 Å². The first-order valence-electron chi connectivity index (χ1n) is 19.5. The number of hydrogen-bond acceptors (Lipinski definition) is 6. The van der Waals surface area contributed by atoms with Crippen LogP contribution in [0.2, 0.25) is 0 Å². The highest BCUT2D eigenvalue weighted by molar-refractivity contribution is 7.69. The third-order valence-electron chi connectivity index (χ3n) is 14.4. The smallest absolute Gasteiger partial charge is 0.225 e. The molecule has 8 nitrogen and oxygen atoms in total. The summed E-state index contributed by atoms with van der Waals surface area (Å²) >= 11 is 0. The maximum Gasteiger partial charge on any atom is 0.225 e. The van der Waals surface area contributed by atoms with Crippen molar-refractivity contribution < 1.29 is 8.97 Å². The molecule has 3 aliphatic carbocycles. The van der Waals surface area contributed by atoms with Crippen LogP contribution in [0.4, 0.5) is 0 Å². The standard InChI is InChI=1S/C22H40N2.C16H44N6P2/c1-7-23(15(3)4)11-19-17-9-10-18(20(19)12-23)22-14-24(8-2,16(5)6)13-21(17)22;1-17(2)23(18(3)4,19(5)6)15-13-14-16-24(20(7)8,21(9)10)22(11)12/h9-10,15-22H,7-8,11-14H2,1-6H3;13-16H2,1-12H3/q2*+2/t17?,18?,19-,20+,21?,22?,23?,24?;. The van der Waals surface area contributed by atoms with E-state index in [0.717, 1.165) is 47.6 Å². The van der Waals surface area contributed by atoms with E-state index < -0.39 is 15.4 Å². The third kappa shape index (κ3) is 7.53. The molecule has 0 N–H and O–H groups in total. The molecule has 5 rings (SSSR count). The van der Waals surface area contributed by atoms with E-state index in [4.69, 9.17) is 0 Å². The summed E-state index contributed by atoms with van der Waals surface area (Å²) in [4.78, 5) is 0. The normalized spacial score (nSPS) is 33.3. The fraction of sp³-hybridized carbons (Fsp3) is 0.947. The summed E-state index contributed by atoms with van der Waals surface area (Å²) < 4.78 is 17.4. The van der Waals surface area contributed by atoms with E-state index in [1.807, 2.05) is 0 Å². The fourth-order valence-corrected chi connectivity index (χ4v) is 19.5. The monoisotopic (exact) mass is 715 g/mol. The second-order valence-corrected chi connectivity index (χ2v) is 26.3. The topological polar surface area (TPSA) is 19.4 Å². The van der Waals surface area contributed by atoms with Gasteiger partial charge in [0.15, 0.2) is 0 Å². The second-order valence-electron chi connectivity index (χ2n) is 17.8. The minimum atomic E-state index is -1.39. The van der Waals surface area contributed by atoms with Gasteiger partial charge in [0.1, 0.15) is 12.3 Å². The number of hydrogen-bond donors (Lipinski definition) is 0.